The van der Waals surface area contributed by atoms with Gasteiger partial charge in [0.05, 0.1) is 23.9 Å². The van der Waals surface area contributed by atoms with Gasteiger partial charge in [0.2, 0.25) is 5.91 Å². The van der Waals surface area contributed by atoms with E-state index in [1.165, 1.54) is 10.4 Å². The van der Waals surface area contributed by atoms with Gasteiger partial charge < -0.3 is 20.7 Å². The number of methoxy groups -OCH3 is 1. The Morgan fingerprint density at radius 2 is 2.12 bits per heavy atom. The molecule has 1 aliphatic heterocycles. The van der Waals surface area contributed by atoms with Gasteiger partial charge in [0.1, 0.15) is 22.7 Å². The van der Waals surface area contributed by atoms with Crippen LogP contribution in [0, 0.1) is 5.92 Å². The number of nitrogens with zero attached hydrogens (tertiary/aromatic N) is 3. The standard InChI is InChI=1S/C22H26N6O2S3/c1-30-16-9-14(23)18(33-24)10-15(16)27-20-19-13-3-2-12(22(29)28-4-6-31-7-5-28)8-17(13)32-21(19)26-11-25-20/h9-12H,2-8,23-24H2,1H3,(H,25,26,27). The molecule has 1 amide bonds. The third kappa shape index (κ3) is 4.34. The average molecular weight is 503 g/mol. The Labute approximate surface area is 205 Å². The molecule has 8 nitrogen and oxygen atoms in total. The van der Waals surface area contributed by atoms with E-state index in [1.54, 1.807) is 30.8 Å². The molecule has 1 aromatic carbocycles. The molecule has 0 radical (unpaired) electrons. The van der Waals surface area contributed by atoms with E-state index < -0.39 is 0 Å². The number of aryl methyl sites for hydroxylation is 1. The van der Waals surface area contributed by atoms with E-state index in [0.717, 1.165) is 82.4 Å². The highest BCUT2D eigenvalue weighted by atomic mass is 32.2. The van der Waals surface area contributed by atoms with E-state index >= 15 is 0 Å². The molecule has 0 spiro atoms. The monoisotopic (exact) mass is 502 g/mol. The van der Waals surface area contributed by atoms with Crippen molar-refractivity contribution < 1.29 is 9.53 Å². The normalized spacial score (nSPS) is 18.2. The molecule has 1 saturated heterocycles. The Morgan fingerprint density at radius 3 is 2.88 bits per heavy atom. The molecule has 5 rings (SSSR count). The lowest BCUT2D eigenvalue weighted by atomic mass is 9.87. The van der Waals surface area contributed by atoms with Gasteiger partial charge in [0.25, 0.3) is 0 Å². The molecule has 1 aliphatic carbocycles. The largest absolute Gasteiger partial charge is 0.494 e. The Kier molecular flexibility index (Phi) is 6.55. The van der Waals surface area contributed by atoms with Gasteiger partial charge in [0, 0.05) is 46.4 Å². The summed E-state index contributed by atoms with van der Waals surface area (Å²) in [4.78, 5) is 27.1. The van der Waals surface area contributed by atoms with Crippen molar-refractivity contribution >= 4 is 68.4 Å². The number of benzene rings is 1. The van der Waals surface area contributed by atoms with Gasteiger partial charge in [-0.15, -0.1) is 11.3 Å². The predicted octanol–water partition coefficient (Wildman–Crippen LogP) is 3.67. The van der Waals surface area contributed by atoms with Crippen molar-refractivity contribution in [1.29, 1.82) is 0 Å². The highest BCUT2D eigenvalue weighted by molar-refractivity contribution is 7.99. The Balaban J connectivity index is 1.45. The molecule has 33 heavy (non-hydrogen) atoms. The zero-order chi connectivity index (χ0) is 22.9. The molecule has 1 unspecified atom stereocenters. The summed E-state index contributed by atoms with van der Waals surface area (Å²) >= 11 is 4.69. The van der Waals surface area contributed by atoms with Gasteiger partial charge in [-0.1, -0.05) is 0 Å². The molecule has 11 heteroatoms. The highest BCUT2D eigenvalue weighted by Gasteiger charge is 2.32. The summed E-state index contributed by atoms with van der Waals surface area (Å²) in [5.74, 6) is 3.78. The fourth-order valence-electron chi connectivity index (χ4n) is 4.53. The van der Waals surface area contributed by atoms with E-state index in [2.05, 4.69) is 15.3 Å². The number of carbonyl (C=O) groups excluding carboxylic acids is 1. The Morgan fingerprint density at radius 1 is 1.30 bits per heavy atom. The maximum atomic E-state index is 13.1. The number of hydrogen-bond donors (Lipinski definition) is 3. The van der Waals surface area contributed by atoms with Crippen molar-refractivity contribution in [3.63, 3.8) is 0 Å². The van der Waals surface area contributed by atoms with Crippen LogP contribution in [0.15, 0.2) is 23.4 Å². The summed E-state index contributed by atoms with van der Waals surface area (Å²) in [6, 6.07) is 3.63. The number of carbonyl (C=O) groups is 1. The van der Waals surface area contributed by atoms with Gasteiger partial charge in [-0.2, -0.15) is 11.8 Å². The van der Waals surface area contributed by atoms with Crippen molar-refractivity contribution in [2.75, 3.05) is 42.8 Å². The lowest BCUT2D eigenvalue weighted by Crippen LogP contribution is -2.42. The topological polar surface area (TPSA) is 119 Å². The first kappa shape index (κ1) is 22.6. The number of anilines is 3. The minimum Gasteiger partial charge on any atom is -0.494 e. The molecule has 1 atom stereocenters. The number of thioether (sulfide) groups is 1. The first-order valence-electron chi connectivity index (χ1n) is 10.8. The summed E-state index contributed by atoms with van der Waals surface area (Å²) in [6.07, 6.45) is 4.05. The van der Waals surface area contributed by atoms with Crippen LogP contribution in [0.5, 0.6) is 5.75 Å². The maximum Gasteiger partial charge on any atom is 0.226 e. The zero-order valence-corrected chi connectivity index (χ0v) is 20.7. The van der Waals surface area contributed by atoms with Gasteiger partial charge >= 0.3 is 0 Å². The molecule has 5 N–H and O–H groups in total. The molecule has 3 heterocycles. The minimum atomic E-state index is 0.0550. The lowest BCUT2D eigenvalue weighted by Gasteiger charge is -2.31. The molecule has 174 valence electrons. The molecular weight excluding hydrogens is 476 g/mol. The summed E-state index contributed by atoms with van der Waals surface area (Å²) in [6.45, 7) is 1.73. The van der Waals surface area contributed by atoms with E-state index in [9.17, 15) is 4.79 Å². The average Bonchev–Trinajstić information content (AvgIpc) is 3.23. The van der Waals surface area contributed by atoms with Gasteiger partial charge in [0.15, 0.2) is 0 Å². The number of hydrogen-bond acceptors (Lipinski definition) is 10. The zero-order valence-electron chi connectivity index (χ0n) is 18.3. The number of nitrogens with two attached hydrogens (primary N) is 2. The number of thiophene rings is 1. The van der Waals surface area contributed by atoms with E-state index in [1.807, 2.05) is 22.7 Å². The van der Waals surface area contributed by atoms with Crippen LogP contribution in [-0.4, -0.2) is 52.5 Å². The Bertz CT molecular complexity index is 1190. The van der Waals surface area contributed by atoms with E-state index in [0.29, 0.717) is 17.3 Å². The second-order valence-corrected chi connectivity index (χ2v) is 11.1. The summed E-state index contributed by atoms with van der Waals surface area (Å²) < 4.78 is 5.53. The summed E-state index contributed by atoms with van der Waals surface area (Å²) in [5, 5.41) is 10.2. The second kappa shape index (κ2) is 9.57. The third-order valence-corrected chi connectivity index (χ3v) is 8.94. The van der Waals surface area contributed by atoms with Crippen LogP contribution in [0.2, 0.25) is 0 Å². The number of rotatable bonds is 5. The fourth-order valence-corrected chi connectivity index (χ4v) is 7.08. The first-order valence-corrected chi connectivity index (χ1v) is 13.7. The number of nitrogen functional groups attached to an aromatic ring is 1. The smallest absolute Gasteiger partial charge is 0.226 e. The number of ether oxygens (including phenoxy) is 1. The fraction of sp³-hybridized carbons (Fsp3) is 0.409. The van der Waals surface area contributed by atoms with Crippen molar-refractivity contribution in [2.24, 2.45) is 11.1 Å². The highest BCUT2D eigenvalue weighted by Crippen LogP contribution is 2.42. The lowest BCUT2D eigenvalue weighted by molar-refractivity contribution is -0.135. The van der Waals surface area contributed by atoms with Crippen molar-refractivity contribution in [3.05, 3.63) is 28.9 Å². The third-order valence-electron chi connectivity index (χ3n) is 6.23. The number of amides is 1. The Hall–Kier alpha value is -2.21. The van der Waals surface area contributed by atoms with Crippen LogP contribution in [0.25, 0.3) is 10.2 Å². The number of aromatic nitrogens is 2. The molecule has 0 saturated carbocycles. The second-order valence-electron chi connectivity index (χ2n) is 8.12. The maximum absolute atomic E-state index is 13.1. The summed E-state index contributed by atoms with van der Waals surface area (Å²) in [5.41, 5.74) is 8.62. The number of fused-ring (bicyclic) bond motifs is 3. The van der Waals surface area contributed by atoms with E-state index in [4.69, 9.17) is 15.6 Å². The molecule has 3 aromatic rings. The molecule has 2 aliphatic rings. The van der Waals surface area contributed by atoms with Crippen LogP contribution >= 0.6 is 35.0 Å². The van der Waals surface area contributed by atoms with Crippen LogP contribution in [0.1, 0.15) is 16.9 Å². The van der Waals surface area contributed by atoms with Crippen molar-refractivity contribution in [2.45, 2.75) is 24.2 Å². The minimum absolute atomic E-state index is 0.0550. The predicted molar refractivity (Wildman–Crippen MR) is 138 cm³/mol. The van der Waals surface area contributed by atoms with Gasteiger partial charge in [-0.3, -0.25) is 9.93 Å². The summed E-state index contributed by atoms with van der Waals surface area (Å²) in [7, 11) is 1.61. The van der Waals surface area contributed by atoms with Gasteiger partial charge in [-0.25, -0.2) is 9.97 Å². The van der Waals surface area contributed by atoms with Crippen LogP contribution in [0.4, 0.5) is 17.2 Å². The van der Waals surface area contributed by atoms with Gasteiger partial charge in [-0.05, 0) is 42.8 Å². The van der Waals surface area contributed by atoms with E-state index in [-0.39, 0.29) is 5.92 Å². The van der Waals surface area contributed by atoms with Crippen LogP contribution in [-0.2, 0) is 17.6 Å². The molecule has 2 aromatic heterocycles. The molecule has 0 bridgehead atoms. The van der Waals surface area contributed by atoms with Crippen molar-refractivity contribution in [1.82, 2.24) is 14.9 Å². The van der Waals surface area contributed by atoms with Crippen molar-refractivity contribution in [3.8, 4) is 5.75 Å². The number of nitrogens with one attached hydrogen (secondary N) is 1. The quantitative estimate of drug-likeness (QED) is 0.354. The van der Waals surface area contributed by atoms with Crippen LogP contribution < -0.4 is 20.9 Å². The molecular formula is C22H26N6O2S3. The van der Waals surface area contributed by atoms with Crippen LogP contribution in [0.3, 0.4) is 0 Å². The SMILES string of the molecule is COc1cc(N)c(SN)cc1Nc1ncnc2sc3c(c12)CCC(C(=O)N1CCSCC1)C3. The molecule has 1 fully saturated rings. The first-order chi connectivity index (χ1) is 16.1.